The van der Waals surface area contributed by atoms with E-state index >= 15 is 0 Å². The number of nitrogens with one attached hydrogen (secondary N) is 1. The Bertz CT molecular complexity index is 1250. The Labute approximate surface area is 192 Å². The lowest BCUT2D eigenvalue weighted by Gasteiger charge is -2.30. The summed E-state index contributed by atoms with van der Waals surface area (Å²) in [6, 6.07) is 12.0. The highest BCUT2D eigenvalue weighted by atomic mass is 32.2. The van der Waals surface area contributed by atoms with Crippen LogP contribution in [0.1, 0.15) is 24.0 Å². The van der Waals surface area contributed by atoms with Gasteiger partial charge < -0.3 is 9.15 Å². The van der Waals surface area contributed by atoms with Gasteiger partial charge in [-0.3, -0.25) is 10.1 Å². The molecule has 1 aliphatic rings. The van der Waals surface area contributed by atoms with Gasteiger partial charge in [-0.05, 0) is 74.2 Å². The van der Waals surface area contributed by atoms with Crippen LogP contribution in [0.25, 0.3) is 11.5 Å². The van der Waals surface area contributed by atoms with Crippen LogP contribution in [0, 0.1) is 19.8 Å². The lowest BCUT2D eigenvalue weighted by Crippen LogP contribution is -2.43. The van der Waals surface area contributed by atoms with Gasteiger partial charge in [0.15, 0.2) is 0 Å². The summed E-state index contributed by atoms with van der Waals surface area (Å²) in [6.45, 7) is 4.45. The van der Waals surface area contributed by atoms with Crippen molar-refractivity contribution >= 4 is 21.9 Å². The van der Waals surface area contributed by atoms with Crippen molar-refractivity contribution in [1.29, 1.82) is 0 Å². The van der Waals surface area contributed by atoms with Crippen molar-refractivity contribution < 1.29 is 22.4 Å². The normalized spacial score (nSPS) is 17.0. The van der Waals surface area contributed by atoms with Crippen LogP contribution in [0.15, 0.2) is 51.8 Å². The van der Waals surface area contributed by atoms with Gasteiger partial charge >= 0.3 is 6.01 Å². The summed E-state index contributed by atoms with van der Waals surface area (Å²) < 4.78 is 38.1. The number of aromatic nitrogens is 2. The molecule has 1 amide bonds. The van der Waals surface area contributed by atoms with Gasteiger partial charge in [-0.15, -0.1) is 5.10 Å². The highest BCUT2D eigenvalue weighted by Crippen LogP contribution is 2.27. The van der Waals surface area contributed by atoms with E-state index in [4.69, 9.17) is 9.15 Å². The molecule has 1 aromatic heterocycles. The molecule has 0 bridgehead atoms. The van der Waals surface area contributed by atoms with Crippen molar-refractivity contribution in [2.75, 3.05) is 25.5 Å². The first kappa shape index (κ1) is 22.9. The van der Waals surface area contributed by atoms with Gasteiger partial charge in [0.2, 0.25) is 21.8 Å². The lowest BCUT2D eigenvalue weighted by molar-refractivity contribution is -0.121. The Morgan fingerprint density at radius 1 is 1.12 bits per heavy atom. The second-order valence-corrected chi connectivity index (χ2v) is 10.0. The number of benzene rings is 2. The Morgan fingerprint density at radius 2 is 1.88 bits per heavy atom. The molecule has 0 saturated carbocycles. The monoisotopic (exact) mass is 470 g/mol. The van der Waals surface area contributed by atoms with E-state index in [-0.39, 0.29) is 23.4 Å². The van der Waals surface area contributed by atoms with E-state index in [1.165, 1.54) is 23.5 Å². The van der Waals surface area contributed by atoms with E-state index in [0.717, 1.165) is 16.7 Å². The van der Waals surface area contributed by atoms with Gasteiger partial charge in [0.05, 0.1) is 17.9 Å². The molecule has 9 nitrogen and oxygen atoms in total. The number of amides is 1. The average molecular weight is 471 g/mol. The van der Waals surface area contributed by atoms with Crippen LogP contribution in [-0.2, 0) is 14.8 Å². The molecule has 33 heavy (non-hydrogen) atoms. The van der Waals surface area contributed by atoms with Crippen molar-refractivity contribution in [1.82, 2.24) is 14.5 Å². The number of methoxy groups -OCH3 is 1. The zero-order valence-corrected chi connectivity index (χ0v) is 19.6. The van der Waals surface area contributed by atoms with E-state index in [9.17, 15) is 13.2 Å². The van der Waals surface area contributed by atoms with Crippen molar-refractivity contribution in [3.63, 3.8) is 0 Å². The summed E-state index contributed by atoms with van der Waals surface area (Å²) >= 11 is 0. The number of ether oxygens (including phenoxy) is 1. The number of rotatable bonds is 6. The summed E-state index contributed by atoms with van der Waals surface area (Å²) in [5.74, 6) is 0.00832. The third-order valence-electron chi connectivity index (χ3n) is 5.86. The molecule has 0 aliphatic carbocycles. The van der Waals surface area contributed by atoms with Crippen molar-refractivity contribution in [2.45, 2.75) is 31.6 Å². The molecule has 1 saturated heterocycles. The second-order valence-electron chi connectivity index (χ2n) is 8.08. The molecule has 2 heterocycles. The zero-order chi connectivity index (χ0) is 23.6. The number of carbonyl (C=O) groups excluding carboxylic acids is 1. The first-order chi connectivity index (χ1) is 15.8. The van der Waals surface area contributed by atoms with Gasteiger partial charge in [-0.1, -0.05) is 11.2 Å². The maximum Gasteiger partial charge on any atom is 0.322 e. The zero-order valence-electron chi connectivity index (χ0n) is 18.7. The number of sulfonamides is 1. The van der Waals surface area contributed by atoms with E-state index in [1.54, 1.807) is 12.1 Å². The summed E-state index contributed by atoms with van der Waals surface area (Å²) in [4.78, 5) is 13.0. The van der Waals surface area contributed by atoms with Crippen LogP contribution >= 0.6 is 0 Å². The number of anilines is 1. The Balaban J connectivity index is 1.43. The quantitative estimate of drug-likeness (QED) is 0.587. The molecule has 174 valence electrons. The highest BCUT2D eigenvalue weighted by Gasteiger charge is 2.34. The molecule has 3 aromatic rings. The number of carbonyl (C=O) groups is 1. The SMILES string of the molecule is COc1ccc(S(=O)(=O)N2CCCC(C(=O)Nc3nnc(-c4ccc(C)c(C)c4)o3)C2)cc1. The number of hydrogen-bond donors (Lipinski definition) is 1. The predicted molar refractivity (Wildman–Crippen MR) is 122 cm³/mol. The topological polar surface area (TPSA) is 115 Å². The predicted octanol–water partition coefficient (Wildman–Crippen LogP) is 3.40. The molecule has 1 fully saturated rings. The van der Waals surface area contributed by atoms with Gasteiger partial charge in [0.1, 0.15) is 5.75 Å². The molecule has 1 N–H and O–H groups in total. The summed E-state index contributed by atoms with van der Waals surface area (Å²) in [7, 11) is -2.20. The Kier molecular flexibility index (Phi) is 6.48. The van der Waals surface area contributed by atoms with E-state index in [2.05, 4.69) is 15.5 Å². The van der Waals surface area contributed by atoms with E-state index < -0.39 is 15.9 Å². The van der Waals surface area contributed by atoms with E-state index in [1.807, 2.05) is 32.0 Å². The van der Waals surface area contributed by atoms with Gasteiger partial charge in [-0.2, -0.15) is 4.31 Å². The Morgan fingerprint density at radius 3 is 2.58 bits per heavy atom. The molecule has 1 aliphatic heterocycles. The van der Waals surface area contributed by atoms with Crippen LogP contribution in [0.5, 0.6) is 5.75 Å². The third kappa shape index (κ3) is 4.91. The van der Waals surface area contributed by atoms with Gasteiger partial charge in [0, 0.05) is 18.7 Å². The van der Waals surface area contributed by atoms with Crippen LogP contribution in [0.3, 0.4) is 0 Å². The van der Waals surface area contributed by atoms with Crippen LogP contribution in [0.4, 0.5) is 6.01 Å². The second kappa shape index (κ2) is 9.32. The fraction of sp³-hybridized carbons (Fsp3) is 0.348. The van der Waals surface area contributed by atoms with Gasteiger partial charge in [0.25, 0.3) is 0 Å². The minimum atomic E-state index is -3.72. The van der Waals surface area contributed by atoms with E-state index in [0.29, 0.717) is 31.0 Å². The largest absolute Gasteiger partial charge is 0.497 e. The highest BCUT2D eigenvalue weighted by molar-refractivity contribution is 7.89. The smallest absolute Gasteiger partial charge is 0.322 e. The number of nitrogens with zero attached hydrogens (tertiary/aromatic N) is 3. The standard InChI is InChI=1S/C23H26N4O5S/c1-15-6-7-17(13-16(15)2)22-25-26-23(32-22)24-21(28)18-5-4-12-27(14-18)33(29,30)20-10-8-19(31-3)9-11-20/h6-11,13,18H,4-5,12,14H2,1-3H3,(H,24,26,28). The average Bonchev–Trinajstić information content (AvgIpc) is 3.29. The molecule has 2 aromatic carbocycles. The summed E-state index contributed by atoms with van der Waals surface area (Å²) in [5, 5.41) is 10.6. The third-order valence-corrected chi connectivity index (χ3v) is 7.74. The summed E-state index contributed by atoms with van der Waals surface area (Å²) in [6.07, 6.45) is 1.14. The number of piperidine rings is 1. The molecule has 10 heteroatoms. The number of aryl methyl sites for hydroxylation is 2. The maximum absolute atomic E-state index is 13.0. The minimum Gasteiger partial charge on any atom is -0.497 e. The molecule has 1 atom stereocenters. The molecule has 0 spiro atoms. The van der Waals surface area contributed by atoms with Crippen LogP contribution in [-0.4, -0.2) is 49.0 Å². The minimum absolute atomic E-state index is 0.0108. The Hall–Kier alpha value is -3.24. The number of hydrogen-bond acceptors (Lipinski definition) is 7. The van der Waals surface area contributed by atoms with Gasteiger partial charge in [-0.25, -0.2) is 8.42 Å². The van der Waals surface area contributed by atoms with Crippen molar-refractivity contribution in [3.8, 4) is 17.2 Å². The first-order valence-corrected chi connectivity index (χ1v) is 12.1. The fourth-order valence-electron chi connectivity index (χ4n) is 3.74. The molecule has 0 radical (unpaired) electrons. The first-order valence-electron chi connectivity index (χ1n) is 10.6. The molecular formula is C23H26N4O5S. The molecular weight excluding hydrogens is 444 g/mol. The maximum atomic E-state index is 13.0. The summed E-state index contributed by atoms with van der Waals surface area (Å²) in [5.41, 5.74) is 3.01. The molecule has 1 unspecified atom stereocenters. The van der Waals surface area contributed by atoms with Crippen LogP contribution < -0.4 is 10.1 Å². The molecule has 4 rings (SSSR count). The lowest BCUT2D eigenvalue weighted by atomic mass is 9.99. The van der Waals surface area contributed by atoms with Crippen molar-refractivity contribution in [2.24, 2.45) is 5.92 Å². The van der Waals surface area contributed by atoms with Crippen molar-refractivity contribution in [3.05, 3.63) is 53.6 Å². The van der Waals surface area contributed by atoms with Crippen LogP contribution in [0.2, 0.25) is 0 Å². The fourth-order valence-corrected chi connectivity index (χ4v) is 5.27.